The van der Waals surface area contributed by atoms with Crippen LogP contribution in [0.1, 0.15) is 18.1 Å². The van der Waals surface area contributed by atoms with Gasteiger partial charge in [-0.2, -0.15) is 0 Å². The minimum absolute atomic E-state index is 0.330. The lowest BCUT2D eigenvalue weighted by molar-refractivity contribution is -0.139. The predicted octanol–water partition coefficient (Wildman–Crippen LogP) is 5.29. The van der Waals surface area contributed by atoms with Gasteiger partial charge < -0.3 is 15.2 Å². The van der Waals surface area contributed by atoms with Gasteiger partial charge in [0.2, 0.25) is 0 Å². The molecule has 0 fully saturated rings. The highest BCUT2D eigenvalue weighted by Gasteiger charge is 2.14. The molecule has 0 spiro atoms. The summed E-state index contributed by atoms with van der Waals surface area (Å²) in [5.41, 5.74) is 1.82. The predicted molar refractivity (Wildman–Crippen MR) is 109 cm³/mol. The number of carboxylic acids is 1. The van der Waals surface area contributed by atoms with Gasteiger partial charge in [0.05, 0.1) is 10.0 Å². The number of carbonyl (C=O) groups is 1. The van der Waals surface area contributed by atoms with E-state index in [4.69, 9.17) is 33.0 Å². The number of fused-ring (bicyclic) bond motifs is 1. The van der Waals surface area contributed by atoms with Crippen LogP contribution in [0, 0.1) is 0 Å². The van der Waals surface area contributed by atoms with E-state index < -0.39 is 12.0 Å². The molecule has 0 aromatic heterocycles. The van der Waals surface area contributed by atoms with Crippen molar-refractivity contribution in [3.8, 4) is 5.75 Å². The van der Waals surface area contributed by atoms with Crippen LogP contribution in [0.3, 0.4) is 0 Å². The molecule has 140 valence electrons. The Bertz CT molecular complexity index is 975. The van der Waals surface area contributed by atoms with Crippen molar-refractivity contribution >= 4 is 39.9 Å². The van der Waals surface area contributed by atoms with E-state index in [1.54, 1.807) is 19.1 Å². The number of benzene rings is 3. The number of aliphatic carboxylic acids is 1. The van der Waals surface area contributed by atoms with Crippen LogP contribution in [-0.4, -0.2) is 17.1 Å². The molecular formula is C21H19Cl2NO3. The molecule has 0 saturated heterocycles. The maximum atomic E-state index is 11.1. The summed E-state index contributed by atoms with van der Waals surface area (Å²) in [4.78, 5) is 11.1. The highest BCUT2D eigenvalue weighted by atomic mass is 35.5. The fraction of sp³-hybridized carbons (Fsp3) is 0.190. The summed E-state index contributed by atoms with van der Waals surface area (Å²) in [5.74, 6) is -0.196. The number of hydrogen-bond acceptors (Lipinski definition) is 3. The van der Waals surface area contributed by atoms with E-state index in [2.05, 4.69) is 5.32 Å². The zero-order valence-corrected chi connectivity index (χ0v) is 16.2. The maximum absolute atomic E-state index is 11.1. The van der Waals surface area contributed by atoms with Gasteiger partial charge in [-0.3, -0.25) is 4.79 Å². The van der Waals surface area contributed by atoms with Crippen molar-refractivity contribution in [1.29, 1.82) is 0 Å². The van der Waals surface area contributed by atoms with Crippen LogP contribution in [-0.2, 0) is 17.9 Å². The van der Waals surface area contributed by atoms with Crippen molar-refractivity contribution in [3.05, 3.63) is 75.8 Å². The Morgan fingerprint density at radius 2 is 1.89 bits per heavy atom. The molecule has 6 heteroatoms. The number of ether oxygens (including phenoxy) is 1. The average molecular weight is 404 g/mol. The van der Waals surface area contributed by atoms with E-state index in [0.717, 1.165) is 21.9 Å². The van der Waals surface area contributed by atoms with Crippen LogP contribution < -0.4 is 10.1 Å². The normalized spacial score (nSPS) is 12.1. The van der Waals surface area contributed by atoms with Crippen molar-refractivity contribution in [3.63, 3.8) is 0 Å². The Hall–Kier alpha value is -2.27. The number of rotatable bonds is 7. The van der Waals surface area contributed by atoms with Crippen molar-refractivity contribution in [1.82, 2.24) is 5.32 Å². The lowest BCUT2D eigenvalue weighted by Gasteiger charge is -2.16. The van der Waals surface area contributed by atoms with Gasteiger partial charge in [0.25, 0.3) is 0 Å². The van der Waals surface area contributed by atoms with Crippen LogP contribution in [0.15, 0.2) is 54.6 Å². The SMILES string of the molecule is CC(NCc1c(OCc2ccc(Cl)c(Cl)c2)ccc2ccccc12)C(=O)O. The van der Waals surface area contributed by atoms with Crippen molar-refractivity contribution < 1.29 is 14.6 Å². The maximum Gasteiger partial charge on any atom is 0.320 e. The molecule has 0 aliphatic heterocycles. The summed E-state index contributed by atoms with van der Waals surface area (Å²) < 4.78 is 6.03. The Labute approximate surface area is 167 Å². The van der Waals surface area contributed by atoms with Gasteiger partial charge in [0.15, 0.2) is 0 Å². The smallest absolute Gasteiger partial charge is 0.320 e. The second-order valence-electron chi connectivity index (χ2n) is 6.24. The molecule has 1 unspecified atom stereocenters. The summed E-state index contributed by atoms with van der Waals surface area (Å²) in [7, 11) is 0. The molecule has 0 saturated carbocycles. The summed E-state index contributed by atoms with van der Waals surface area (Å²) in [5, 5.41) is 15.2. The number of hydrogen-bond donors (Lipinski definition) is 2. The van der Waals surface area contributed by atoms with Gasteiger partial charge in [-0.1, -0.05) is 59.6 Å². The second kappa shape index (κ2) is 8.61. The molecule has 0 aliphatic rings. The molecule has 0 amide bonds. The molecule has 27 heavy (non-hydrogen) atoms. The third-order valence-electron chi connectivity index (χ3n) is 4.33. The first-order valence-electron chi connectivity index (χ1n) is 8.49. The van der Waals surface area contributed by atoms with Crippen LogP contribution in [0.4, 0.5) is 0 Å². The van der Waals surface area contributed by atoms with E-state index in [-0.39, 0.29) is 0 Å². The first-order valence-corrected chi connectivity index (χ1v) is 9.25. The molecule has 0 heterocycles. The second-order valence-corrected chi connectivity index (χ2v) is 7.06. The van der Waals surface area contributed by atoms with Gasteiger partial charge in [-0.25, -0.2) is 0 Å². The molecule has 0 aliphatic carbocycles. The standard InChI is InChI=1S/C21H19Cl2NO3/c1-13(21(25)26)24-11-17-16-5-3-2-4-15(16)7-9-20(17)27-12-14-6-8-18(22)19(23)10-14/h2-10,13,24H,11-12H2,1H3,(H,25,26). The fourth-order valence-electron chi connectivity index (χ4n) is 2.77. The Kier molecular flexibility index (Phi) is 6.22. The highest BCUT2D eigenvalue weighted by Crippen LogP contribution is 2.29. The van der Waals surface area contributed by atoms with Gasteiger partial charge >= 0.3 is 5.97 Å². The molecule has 3 aromatic rings. The monoisotopic (exact) mass is 403 g/mol. The first-order chi connectivity index (χ1) is 13.0. The molecule has 3 aromatic carbocycles. The zero-order valence-electron chi connectivity index (χ0n) is 14.7. The van der Waals surface area contributed by atoms with E-state index in [0.29, 0.717) is 28.9 Å². The molecular weight excluding hydrogens is 385 g/mol. The van der Waals surface area contributed by atoms with Crippen molar-refractivity contribution in [2.75, 3.05) is 0 Å². The number of carboxylic acid groups (broad SMARTS) is 1. The zero-order chi connectivity index (χ0) is 19.4. The van der Waals surface area contributed by atoms with Crippen LogP contribution in [0.5, 0.6) is 5.75 Å². The molecule has 0 radical (unpaired) electrons. The molecule has 3 rings (SSSR count). The van der Waals surface area contributed by atoms with Gasteiger partial charge in [0.1, 0.15) is 18.4 Å². The molecule has 0 bridgehead atoms. The van der Waals surface area contributed by atoms with E-state index in [1.807, 2.05) is 42.5 Å². The lowest BCUT2D eigenvalue weighted by atomic mass is 10.0. The fourth-order valence-corrected chi connectivity index (χ4v) is 3.09. The van der Waals surface area contributed by atoms with E-state index >= 15 is 0 Å². The number of nitrogens with one attached hydrogen (secondary N) is 1. The largest absolute Gasteiger partial charge is 0.489 e. The third-order valence-corrected chi connectivity index (χ3v) is 5.07. The van der Waals surface area contributed by atoms with Crippen LogP contribution in [0.2, 0.25) is 10.0 Å². The average Bonchev–Trinajstić information content (AvgIpc) is 2.67. The van der Waals surface area contributed by atoms with Crippen molar-refractivity contribution in [2.24, 2.45) is 0 Å². The summed E-state index contributed by atoms with van der Waals surface area (Å²) in [6.07, 6.45) is 0. The van der Waals surface area contributed by atoms with E-state index in [9.17, 15) is 4.79 Å². The Balaban J connectivity index is 1.87. The minimum atomic E-state index is -0.895. The molecule has 1 atom stereocenters. The third kappa shape index (κ3) is 4.72. The van der Waals surface area contributed by atoms with Crippen molar-refractivity contribution in [2.45, 2.75) is 26.1 Å². The van der Waals surface area contributed by atoms with Crippen LogP contribution in [0.25, 0.3) is 10.8 Å². The Morgan fingerprint density at radius 3 is 2.63 bits per heavy atom. The number of halogens is 2. The lowest BCUT2D eigenvalue weighted by Crippen LogP contribution is -2.33. The topological polar surface area (TPSA) is 58.6 Å². The Morgan fingerprint density at radius 1 is 1.11 bits per heavy atom. The summed E-state index contributed by atoms with van der Waals surface area (Å²) >= 11 is 12.0. The molecule has 4 nitrogen and oxygen atoms in total. The first kappa shape index (κ1) is 19.5. The summed E-state index contributed by atoms with van der Waals surface area (Å²) in [6, 6.07) is 16.5. The van der Waals surface area contributed by atoms with Gasteiger partial charge in [-0.05, 0) is 41.5 Å². The molecule has 2 N–H and O–H groups in total. The minimum Gasteiger partial charge on any atom is -0.489 e. The quantitative estimate of drug-likeness (QED) is 0.562. The highest BCUT2D eigenvalue weighted by molar-refractivity contribution is 6.42. The van der Waals surface area contributed by atoms with Gasteiger partial charge in [0, 0.05) is 12.1 Å². The van der Waals surface area contributed by atoms with Crippen LogP contribution >= 0.6 is 23.2 Å². The van der Waals surface area contributed by atoms with Gasteiger partial charge in [-0.15, -0.1) is 0 Å². The summed E-state index contributed by atoms with van der Waals surface area (Å²) in [6.45, 7) is 2.33. The van der Waals surface area contributed by atoms with E-state index in [1.165, 1.54) is 0 Å².